The molecule has 0 fully saturated rings. The fourth-order valence-corrected chi connectivity index (χ4v) is 3.89. The Labute approximate surface area is 203 Å². The highest BCUT2D eigenvalue weighted by molar-refractivity contribution is 5.93. The van der Waals surface area contributed by atoms with Crippen LogP contribution in [0.5, 0.6) is 5.75 Å². The van der Waals surface area contributed by atoms with Gasteiger partial charge in [0, 0.05) is 6.61 Å². The molecule has 0 atom stereocenters. The van der Waals surface area contributed by atoms with Crippen LogP contribution in [0.25, 0.3) is 0 Å². The molecule has 0 aliphatic rings. The number of carbonyl (C=O) groups is 1. The van der Waals surface area contributed by atoms with Crippen LogP contribution in [0.4, 0.5) is 5.69 Å². The minimum atomic E-state index is -0.0405. The van der Waals surface area contributed by atoms with Crippen LogP contribution in [-0.2, 0) is 9.53 Å². The van der Waals surface area contributed by atoms with Gasteiger partial charge in [0.15, 0.2) is 0 Å². The van der Waals surface area contributed by atoms with E-state index in [9.17, 15) is 4.79 Å². The third kappa shape index (κ3) is 17.5. The Hall–Kier alpha value is -1.59. The van der Waals surface area contributed by atoms with Crippen molar-refractivity contribution < 1.29 is 14.3 Å². The third-order valence-electron chi connectivity index (χ3n) is 5.84. The summed E-state index contributed by atoms with van der Waals surface area (Å²) in [4.78, 5) is 12.2. The summed E-state index contributed by atoms with van der Waals surface area (Å²) < 4.78 is 11.0. The Morgan fingerprint density at radius 1 is 0.758 bits per heavy atom. The maximum atomic E-state index is 12.2. The smallest absolute Gasteiger partial charge is 0.238 e. The Balaban J connectivity index is 1.94. The number of benzene rings is 1. The fraction of sp³-hybridized carbons (Fsp3) is 0.750. The molecule has 1 aromatic carbocycles. The zero-order valence-corrected chi connectivity index (χ0v) is 21.5. The van der Waals surface area contributed by atoms with Crippen LogP contribution in [-0.4, -0.2) is 38.8 Å². The molecule has 1 rings (SSSR count). The standard InChI is InChI=1S/C28H50N2O3/c1-3-5-6-7-8-9-10-11-12-13-14-15-16-19-22-29-25-28(31)30-26-20-17-18-21-27(26)33-24-23-32-4-2/h17-18,20-21,29H,3-16,19,22-25H2,1-2H3,(H,30,31). The lowest BCUT2D eigenvalue weighted by Gasteiger charge is -2.12. The number of para-hydroxylation sites is 2. The molecule has 0 heterocycles. The van der Waals surface area contributed by atoms with Crippen LogP contribution >= 0.6 is 0 Å². The quantitative estimate of drug-likeness (QED) is 0.170. The highest BCUT2D eigenvalue weighted by Crippen LogP contribution is 2.23. The summed E-state index contributed by atoms with van der Waals surface area (Å²) in [5, 5.41) is 6.19. The summed E-state index contributed by atoms with van der Waals surface area (Å²) >= 11 is 0. The average molecular weight is 463 g/mol. The van der Waals surface area contributed by atoms with Crippen LogP contribution in [0.15, 0.2) is 24.3 Å². The lowest BCUT2D eigenvalue weighted by Crippen LogP contribution is -2.29. The minimum Gasteiger partial charge on any atom is -0.489 e. The predicted octanol–water partition coefficient (Wildman–Crippen LogP) is 7.11. The second-order valence-corrected chi connectivity index (χ2v) is 8.86. The maximum Gasteiger partial charge on any atom is 0.238 e. The number of ether oxygens (including phenoxy) is 2. The molecule has 0 aliphatic carbocycles. The largest absolute Gasteiger partial charge is 0.489 e. The predicted molar refractivity (Wildman–Crippen MR) is 140 cm³/mol. The number of carbonyl (C=O) groups excluding carboxylic acids is 1. The van der Waals surface area contributed by atoms with Crippen molar-refractivity contribution in [3.8, 4) is 5.75 Å². The molecule has 1 aromatic rings. The summed E-state index contributed by atoms with van der Waals surface area (Å²) in [5.74, 6) is 0.638. The van der Waals surface area contributed by atoms with Gasteiger partial charge in [0.25, 0.3) is 0 Å². The zero-order valence-electron chi connectivity index (χ0n) is 21.5. The van der Waals surface area contributed by atoms with Crippen molar-refractivity contribution in [2.24, 2.45) is 0 Å². The molecule has 0 aromatic heterocycles. The van der Waals surface area contributed by atoms with Crippen molar-refractivity contribution in [2.45, 2.75) is 104 Å². The number of nitrogens with one attached hydrogen (secondary N) is 2. The molecule has 0 saturated carbocycles. The highest BCUT2D eigenvalue weighted by atomic mass is 16.5. The molecule has 0 aliphatic heterocycles. The van der Waals surface area contributed by atoms with Crippen LogP contribution in [0.2, 0.25) is 0 Å². The Morgan fingerprint density at radius 3 is 1.94 bits per heavy atom. The molecule has 0 bridgehead atoms. The molecule has 190 valence electrons. The molecular weight excluding hydrogens is 412 g/mol. The first-order chi connectivity index (χ1) is 16.3. The van der Waals surface area contributed by atoms with E-state index >= 15 is 0 Å². The van der Waals surface area contributed by atoms with Gasteiger partial charge in [-0.3, -0.25) is 4.79 Å². The van der Waals surface area contributed by atoms with E-state index < -0.39 is 0 Å². The molecule has 5 heteroatoms. The Kier molecular flexibility index (Phi) is 19.8. The summed E-state index contributed by atoms with van der Waals surface area (Å²) in [5.41, 5.74) is 0.706. The van der Waals surface area contributed by atoms with Gasteiger partial charge in [-0.1, -0.05) is 103 Å². The van der Waals surface area contributed by atoms with Crippen molar-refractivity contribution in [3.05, 3.63) is 24.3 Å². The van der Waals surface area contributed by atoms with Crippen LogP contribution < -0.4 is 15.4 Å². The van der Waals surface area contributed by atoms with Crippen molar-refractivity contribution in [3.63, 3.8) is 0 Å². The SMILES string of the molecule is CCCCCCCCCCCCCCCCNCC(=O)Nc1ccccc1OCCOCC. The molecule has 0 saturated heterocycles. The summed E-state index contributed by atoms with van der Waals surface area (Å²) in [7, 11) is 0. The van der Waals surface area contributed by atoms with Crippen molar-refractivity contribution in [1.29, 1.82) is 0 Å². The van der Waals surface area contributed by atoms with E-state index in [0.717, 1.165) is 13.0 Å². The molecule has 0 radical (unpaired) electrons. The first kappa shape index (κ1) is 29.4. The number of amides is 1. The Morgan fingerprint density at radius 2 is 1.33 bits per heavy atom. The van der Waals surface area contributed by atoms with Gasteiger partial charge in [0.2, 0.25) is 5.91 Å². The fourth-order valence-electron chi connectivity index (χ4n) is 3.89. The average Bonchev–Trinajstić information content (AvgIpc) is 2.82. The van der Waals surface area contributed by atoms with E-state index in [-0.39, 0.29) is 5.91 Å². The van der Waals surface area contributed by atoms with Gasteiger partial charge >= 0.3 is 0 Å². The van der Waals surface area contributed by atoms with E-state index in [1.807, 2.05) is 31.2 Å². The van der Waals surface area contributed by atoms with Gasteiger partial charge in [0.05, 0.1) is 18.8 Å². The molecule has 33 heavy (non-hydrogen) atoms. The number of unbranched alkanes of at least 4 members (excludes halogenated alkanes) is 13. The topological polar surface area (TPSA) is 59.6 Å². The lowest BCUT2D eigenvalue weighted by molar-refractivity contribution is -0.115. The molecular formula is C28H50N2O3. The Bertz CT molecular complexity index is 580. The number of anilines is 1. The van der Waals surface area contributed by atoms with Gasteiger partial charge < -0.3 is 20.1 Å². The van der Waals surface area contributed by atoms with E-state index in [1.165, 1.54) is 83.5 Å². The second-order valence-electron chi connectivity index (χ2n) is 8.86. The highest BCUT2D eigenvalue weighted by Gasteiger charge is 2.07. The first-order valence-electron chi connectivity index (χ1n) is 13.6. The van der Waals surface area contributed by atoms with Crippen LogP contribution in [0.1, 0.15) is 104 Å². The lowest BCUT2D eigenvalue weighted by atomic mass is 10.0. The number of hydrogen-bond donors (Lipinski definition) is 2. The van der Waals surface area contributed by atoms with Crippen LogP contribution in [0.3, 0.4) is 0 Å². The third-order valence-corrected chi connectivity index (χ3v) is 5.84. The zero-order chi connectivity index (χ0) is 23.8. The van der Waals surface area contributed by atoms with Gasteiger partial charge in [-0.25, -0.2) is 0 Å². The molecule has 0 unspecified atom stereocenters. The molecule has 5 nitrogen and oxygen atoms in total. The molecule has 0 spiro atoms. The van der Waals surface area contributed by atoms with Crippen molar-refractivity contribution in [1.82, 2.24) is 5.32 Å². The molecule has 1 amide bonds. The maximum absolute atomic E-state index is 12.2. The summed E-state index contributed by atoms with van der Waals surface area (Å²) in [6.45, 7) is 7.13. The van der Waals surface area contributed by atoms with Crippen molar-refractivity contribution >= 4 is 11.6 Å². The number of hydrogen-bond acceptors (Lipinski definition) is 4. The van der Waals surface area contributed by atoms with E-state index in [4.69, 9.17) is 9.47 Å². The normalized spacial score (nSPS) is 11.0. The number of rotatable bonds is 23. The van der Waals surface area contributed by atoms with Gasteiger partial charge in [0.1, 0.15) is 12.4 Å². The first-order valence-corrected chi connectivity index (χ1v) is 13.6. The van der Waals surface area contributed by atoms with Crippen molar-refractivity contribution in [2.75, 3.05) is 38.2 Å². The van der Waals surface area contributed by atoms with E-state index in [1.54, 1.807) is 0 Å². The van der Waals surface area contributed by atoms with E-state index in [2.05, 4.69) is 17.6 Å². The molecule has 2 N–H and O–H groups in total. The summed E-state index contributed by atoms with van der Waals surface area (Å²) in [6, 6.07) is 7.53. The monoisotopic (exact) mass is 462 g/mol. The van der Waals surface area contributed by atoms with Crippen LogP contribution in [0, 0.1) is 0 Å². The van der Waals surface area contributed by atoms with Gasteiger partial charge in [-0.2, -0.15) is 0 Å². The minimum absolute atomic E-state index is 0.0405. The van der Waals surface area contributed by atoms with Gasteiger partial charge in [-0.05, 0) is 32.0 Å². The second kappa shape index (κ2) is 22.2. The van der Waals surface area contributed by atoms with Gasteiger partial charge in [-0.15, -0.1) is 0 Å². The van der Waals surface area contributed by atoms with E-state index in [0.29, 0.717) is 37.8 Å². The summed E-state index contributed by atoms with van der Waals surface area (Å²) in [6.07, 6.45) is 19.1.